The maximum atomic E-state index is 13.2. The molecule has 0 unspecified atom stereocenters. The Morgan fingerprint density at radius 1 is 1.36 bits per heavy atom. The molecule has 0 N–H and O–H groups in total. The third-order valence-electron chi connectivity index (χ3n) is 5.31. The zero-order chi connectivity index (χ0) is 17.4. The predicted molar refractivity (Wildman–Crippen MR) is 93.6 cm³/mol. The van der Waals surface area contributed by atoms with Gasteiger partial charge in [0.1, 0.15) is 5.69 Å². The first-order valence-corrected chi connectivity index (χ1v) is 9.11. The Morgan fingerprint density at radius 3 is 3.08 bits per heavy atom. The van der Waals surface area contributed by atoms with E-state index in [4.69, 9.17) is 4.74 Å². The molecular formula is C18H25N5O2. The van der Waals surface area contributed by atoms with Gasteiger partial charge in [-0.15, -0.1) is 0 Å². The Bertz CT molecular complexity index is 772. The minimum atomic E-state index is 0.0373. The highest BCUT2D eigenvalue weighted by atomic mass is 16.5. The van der Waals surface area contributed by atoms with Crippen molar-refractivity contribution in [1.82, 2.24) is 24.2 Å². The maximum Gasteiger partial charge on any atom is 0.272 e. The van der Waals surface area contributed by atoms with E-state index in [-0.39, 0.29) is 5.91 Å². The van der Waals surface area contributed by atoms with Crippen LogP contribution in [0, 0.1) is 6.92 Å². The van der Waals surface area contributed by atoms with Crippen LogP contribution in [-0.2, 0) is 4.74 Å². The first-order chi connectivity index (χ1) is 12.2. The highest BCUT2D eigenvalue weighted by Gasteiger charge is 2.37. The van der Waals surface area contributed by atoms with Gasteiger partial charge in [-0.05, 0) is 19.4 Å². The normalized spacial score (nSPS) is 24.5. The number of hydrogen-bond acceptors (Lipinski definition) is 5. The lowest BCUT2D eigenvalue weighted by Gasteiger charge is -2.48. The van der Waals surface area contributed by atoms with Gasteiger partial charge in [0.25, 0.3) is 5.91 Å². The third kappa shape index (κ3) is 2.91. The second-order valence-corrected chi connectivity index (χ2v) is 6.96. The van der Waals surface area contributed by atoms with Crippen LogP contribution in [0.4, 0.5) is 0 Å². The molecule has 0 radical (unpaired) electrons. The average molecular weight is 343 g/mol. The summed E-state index contributed by atoms with van der Waals surface area (Å²) in [5.74, 6) is 0.612. The fourth-order valence-electron chi connectivity index (χ4n) is 4.11. The van der Waals surface area contributed by atoms with Gasteiger partial charge in [0.15, 0.2) is 0 Å². The van der Waals surface area contributed by atoms with E-state index in [1.807, 2.05) is 24.1 Å². The van der Waals surface area contributed by atoms with Gasteiger partial charge in [0.05, 0.1) is 24.9 Å². The topological polar surface area (TPSA) is 63.0 Å². The fraction of sp³-hybridized carbons (Fsp3) is 0.611. The molecule has 2 aromatic heterocycles. The van der Waals surface area contributed by atoms with E-state index < -0.39 is 0 Å². The Hall–Kier alpha value is -1.99. The molecule has 7 heteroatoms. The van der Waals surface area contributed by atoms with Gasteiger partial charge in [-0.3, -0.25) is 14.1 Å². The number of aromatic nitrogens is 3. The number of morpholine rings is 1. The molecule has 0 spiro atoms. The van der Waals surface area contributed by atoms with Crippen LogP contribution < -0.4 is 0 Å². The zero-order valence-electron chi connectivity index (χ0n) is 14.9. The van der Waals surface area contributed by atoms with Gasteiger partial charge in [0.2, 0.25) is 5.78 Å². The summed E-state index contributed by atoms with van der Waals surface area (Å²) in [5, 5.41) is 0. The molecule has 4 heterocycles. The summed E-state index contributed by atoms with van der Waals surface area (Å²) in [6, 6.07) is 2.61. The number of amides is 1. The lowest BCUT2D eigenvalue weighted by molar-refractivity contribution is -0.0777. The lowest BCUT2D eigenvalue weighted by Crippen LogP contribution is -2.62. The van der Waals surface area contributed by atoms with Crippen molar-refractivity contribution in [2.75, 3.05) is 32.8 Å². The van der Waals surface area contributed by atoms with Crippen molar-refractivity contribution in [2.45, 2.75) is 38.8 Å². The van der Waals surface area contributed by atoms with Crippen molar-refractivity contribution in [1.29, 1.82) is 0 Å². The van der Waals surface area contributed by atoms with Crippen molar-refractivity contribution >= 4 is 11.7 Å². The van der Waals surface area contributed by atoms with Gasteiger partial charge >= 0.3 is 0 Å². The summed E-state index contributed by atoms with van der Waals surface area (Å²) in [4.78, 5) is 26.3. The van der Waals surface area contributed by atoms with Crippen molar-refractivity contribution in [3.63, 3.8) is 0 Å². The van der Waals surface area contributed by atoms with Crippen LogP contribution in [0.5, 0.6) is 0 Å². The summed E-state index contributed by atoms with van der Waals surface area (Å²) in [7, 11) is 0. The van der Waals surface area contributed by atoms with Crippen molar-refractivity contribution in [3.05, 3.63) is 29.8 Å². The number of aryl methyl sites for hydroxylation is 1. The molecule has 25 heavy (non-hydrogen) atoms. The lowest BCUT2D eigenvalue weighted by atomic mass is 10.0. The molecule has 1 amide bonds. The van der Waals surface area contributed by atoms with Crippen LogP contribution in [-0.4, -0.2) is 75.0 Å². The Balaban J connectivity index is 1.55. The Morgan fingerprint density at radius 2 is 2.24 bits per heavy atom. The fourth-order valence-corrected chi connectivity index (χ4v) is 4.11. The molecule has 0 bridgehead atoms. The minimum absolute atomic E-state index is 0.0373. The van der Waals surface area contributed by atoms with Crippen LogP contribution in [0.15, 0.2) is 18.5 Å². The first-order valence-electron chi connectivity index (χ1n) is 9.11. The van der Waals surface area contributed by atoms with Crippen molar-refractivity contribution in [3.8, 4) is 0 Å². The van der Waals surface area contributed by atoms with E-state index in [0.717, 1.165) is 38.2 Å². The second-order valence-electron chi connectivity index (χ2n) is 6.96. The number of carbonyl (C=O) groups excluding carboxylic acids is 1. The van der Waals surface area contributed by atoms with Gasteiger partial charge in [-0.25, -0.2) is 9.97 Å². The molecule has 0 saturated carbocycles. The van der Waals surface area contributed by atoms with Crippen LogP contribution in [0.2, 0.25) is 0 Å². The highest BCUT2D eigenvalue weighted by molar-refractivity contribution is 5.94. The molecule has 134 valence electrons. The molecular weight excluding hydrogens is 318 g/mol. The number of fused-ring (bicyclic) bond motifs is 2. The summed E-state index contributed by atoms with van der Waals surface area (Å²) in [5.41, 5.74) is 1.35. The third-order valence-corrected chi connectivity index (χ3v) is 5.31. The molecule has 0 aromatic carbocycles. The van der Waals surface area contributed by atoms with E-state index in [9.17, 15) is 4.79 Å². The molecule has 2 aliphatic heterocycles. The van der Waals surface area contributed by atoms with E-state index in [0.29, 0.717) is 36.7 Å². The zero-order valence-corrected chi connectivity index (χ0v) is 14.9. The second kappa shape index (κ2) is 6.72. The minimum Gasteiger partial charge on any atom is -0.378 e. The maximum absolute atomic E-state index is 13.2. The molecule has 4 rings (SSSR count). The Labute approximate surface area is 147 Å². The molecule has 0 aliphatic carbocycles. The predicted octanol–water partition coefficient (Wildman–Crippen LogP) is 1.36. The van der Waals surface area contributed by atoms with Crippen LogP contribution in [0.25, 0.3) is 5.78 Å². The number of nitrogens with zero attached hydrogens (tertiary/aromatic N) is 5. The van der Waals surface area contributed by atoms with E-state index in [1.54, 1.807) is 10.6 Å². The van der Waals surface area contributed by atoms with Gasteiger partial charge in [0, 0.05) is 38.1 Å². The summed E-state index contributed by atoms with van der Waals surface area (Å²) in [6.45, 7) is 7.99. The highest BCUT2D eigenvalue weighted by Crippen LogP contribution is 2.23. The van der Waals surface area contributed by atoms with E-state index in [1.165, 1.54) is 0 Å². The number of hydrogen-bond donors (Lipinski definition) is 0. The van der Waals surface area contributed by atoms with Gasteiger partial charge in [-0.2, -0.15) is 0 Å². The first kappa shape index (κ1) is 16.5. The summed E-state index contributed by atoms with van der Waals surface area (Å²) >= 11 is 0. The monoisotopic (exact) mass is 343 g/mol. The van der Waals surface area contributed by atoms with Crippen LogP contribution in [0.1, 0.15) is 35.9 Å². The van der Waals surface area contributed by atoms with Gasteiger partial charge in [-0.1, -0.05) is 13.3 Å². The van der Waals surface area contributed by atoms with Crippen LogP contribution in [0.3, 0.4) is 0 Å². The van der Waals surface area contributed by atoms with Crippen LogP contribution >= 0.6 is 0 Å². The largest absolute Gasteiger partial charge is 0.378 e. The molecule has 2 aliphatic rings. The number of ether oxygens (including phenoxy) is 1. The Kier molecular flexibility index (Phi) is 4.43. The molecule has 2 aromatic rings. The standard InChI is InChI=1S/C18H25N5O2/c1-3-5-14-11-25-12-15-10-21(8-9-22(14)15)17(24)16-13(2)20-18-19-6-4-7-23(16)18/h4,6-7,14-15H,3,5,8-12H2,1-2H3/t14-,15+/m0/s1. The smallest absolute Gasteiger partial charge is 0.272 e. The SMILES string of the molecule is CCC[C@H]1COC[C@H]2CN(C(=O)c3c(C)nc4ncccn34)CCN12. The number of piperazine rings is 1. The van der Waals surface area contributed by atoms with Crippen molar-refractivity contribution in [2.24, 2.45) is 0 Å². The number of carbonyl (C=O) groups is 1. The van der Waals surface area contributed by atoms with E-state index in [2.05, 4.69) is 21.8 Å². The quantitative estimate of drug-likeness (QED) is 0.842. The number of rotatable bonds is 3. The average Bonchev–Trinajstić information content (AvgIpc) is 2.97. The summed E-state index contributed by atoms with van der Waals surface area (Å²) < 4.78 is 7.60. The molecule has 2 atom stereocenters. The number of imidazole rings is 1. The molecule has 7 nitrogen and oxygen atoms in total. The molecule has 2 fully saturated rings. The van der Waals surface area contributed by atoms with Crippen molar-refractivity contribution < 1.29 is 9.53 Å². The van der Waals surface area contributed by atoms with E-state index >= 15 is 0 Å². The molecule has 2 saturated heterocycles. The van der Waals surface area contributed by atoms with Gasteiger partial charge < -0.3 is 9.64 Å². The summed E-state index contributed by atoms with van der Waals surface area (Å²) in [6.07, 6.45) is 5.87.